The Bertz CT molecular complexity index is 626. The molecule has 0 aromatic heterocycles. The van der Waals surface area contributed by atoms with Crippen molar-refractivity contribution in [1.82, 2.24) is 4.72 Å². The van der Waals surface area contributed by atoms with Crippen LogP contribution < -0.4 is 21.5 Å². The summed E-state index contributed by atoms with van der Waals surface area (Å²) in [5.41, 5.74) is 11.2. The second-order valence-electron chi connectivity index (χ2n) is 5.40. The van der Waals surface area contributed by atoms with Gasteiger partial charge in [-0.1, -0.05) is 6.92 Å². The lowest BCUT2D eigenvalue weighted by Crippen LogP contribution is -2.36. The van der Waals surface area contributed by atoms with E-state index in [2.05, 4.69) is 10.0 Å². The number of hydrogen-bond donors (Lipinski definition) is 4. The number of nitrogens with one attached hydrogen (secondary N) is 2. The van der Waals surface area contributed by atoms with Crippen molar-refractivity contribution in [2.45, 2.75) is 37.6 Å². The average Bonchev–Trinajstić information content (AvgIpc) is 2.29. The molecule has 1 aromatic carbocycles. The summed E-state index contributed by atoms with van der Waals surface area (Å²) in [6.45, 7) is 5.55. The van der Waals surface area contributed by atoms with Crippen molar-refractivity contribution in [3.05, 3.63) is 18.2 Å². The van der Waals surface area contributed by atoms with Crippen LogP contribution in [-0.4, -0.2) is 26.4 Å². The van der Waals surface area contributed by atoms with Crippen molar-refractivity contribution in [2.24, 2.45) is 5.73 Å². The van der Waals surface area contributed by atoms with Crippen LogP contribution in [-0.2, 0) is 14.8 Å². The van der Waals surface area contributed by atoms with Crippen LogP contribution in [0.5, 0.6) is 0 Å². The first-order valence-corrected chi connectivity index (χ1v) is 8.01. The zero-order valence-corrected chi connectivity index (χ0v) is 13.3. The molecular weight excluding hydrogens is 292 g/mol. The maximum absolute atomic E-state index is 12.0. The van der Waals surface area contributed by atoms with Crippen LogP contribution in [0, 0.1) is 0 Å². The molecule has 0 heterocycles. The third-order valence-corrected chi connectivity index (χ3v) is 4.30. The third kappa shape index (κ3) is 4.91. The number of sulfonamides is 1. The van der Waals surface area contributed by atoms with E-state index < -0.39 is 21.5 Å². The highest BCUT2D eigenvalue weighted by Crippen LogP contribution is 2.26. The van der Waals surface area contributed by atoms with Crippen molar-refractivity contribution in [3.8, 4) is 0 Å². The number of nitrogen functional groups attached to an aromatic ring is 1. The van der Waals surface area contributed by atoms with Crippen LogP contribution in [0.1, 0.15) is 27.2 Å². The number of carbonyl (C=O) groups excluding carboxylic acids is 1. The van der Waals surface area contributed by atoms with Gasteiger partial charge in [-0.05, 0) is 32.0 Å². The van der Waals surface area contributed by atoms with Crippen LogP contribution in [0.25, 0.3) is 0 Å². The van der Waals surface area contributed by atoms with Crippen LogP contribution in [0.2, 0.25) is 0 Å². The molecule has 118 valence electrons. The number of benzene rings is 1. The van der Waals surface area contributed by atoms with E-state index in [4.69, 9.17) is 11.5 Å². The number of rotatable bonds is 7. The molecule has 1 aromatic rings. The normalized spacial score (nSPS) is 12.1. The highest BCUT2D eigenvalue weighted by molar-refractivity contribution is 7.89. The van der Waals surface area contributed by atoms with Crippen LogP contribution in [0.3, 0.4) is 0 Å². The molecule has 0 aliphatic carbocycles. The SMILES string of the molecule is CCNS(=O)(=O)c1ccc(N)c(NC(C)(C)CC(N)=O)c1. The smallest absolute Gasteiger partial charge is 0.240 e. The van der Waals surface area contributed by atoms with Gasteiger partial charge in [0, 0.05) is 18.5 Å². The van der Waals surface area contributed by atoms with E-state index in [0.29, 0.717) is 17.9 Å². The molecule has 1 rings (SSSR count). The molecule has 0 aliphatic heterocycles. The molecule has 21 heavy (non-hydrogen) atoms. The molecule has 6 N–H and O–H groups in total. The second kappa shape index (κ2) is 6.31. The quantitative estimate of drug-likeness (QED) is 0.549. The van der Waals surface area contributed by atoms with E-state index in [9.17, 15) is 13.2 Å². The predicted molar refractivity (Wildman–Crippen MR) is 83.2 cm³/mol. The summed E-state index contributed by atoms with van der Waals surface area (Å²) in [6.07, 6.45) is 0.0939. The highest BCUT2D eigenvalue weighted by atomic mass is 32.2. The molecule has 0 fully saturated rings. The van der Waals surface area contributed by atoms with E-state index in [1.165, 1.54) is 18.2 Å². The molecule has 0 atom stereocenters. The van der Waals surface area contributed by atoms with Crippen LogP contribution >= 0.6 is 0 Å². The second-order valence-corrected chi connectivity index (χ2v) is 7.17. The number of amides is 1. The largest absolute Gasteiger partial charge is 0.397 e. The number of carbonyl (C=O) groups is 1. The van der Waals surface area contributed by atoms with Gasteiger partial charge in [-0.3, -0.25) is 4.79 Å². The maximum atomic E-state index is 12.0. The summed E-state index contributed by atoms with van der Waals surface area (Å²) < 4.78 is 26.4. The first-order valence-electron chi connectivity index (χ1n) is 6.53. The van der Waals surface area contributed by atoms with Gasteiger partial charge in [0.25, 0.3) is 0 Å². The summed E-state index contributed by atoms with van der Waals surface area (Å²) in [4.78, 5) is 11.2. The molecule has 7 nitrogen and oxygen atoms in total. The van der Waals surface area contributed by atoms with Gasteiger partial charge >= 0.3 is 0 Å². The molecule has 0 aliphatic rings. The lowest BCUT2D eigenvalue weighted by Gasteiger charge is -2.27. The number of anilines is 2. The molecule has 0 radical (unpaired) electrons. The first kappa shape index (κ1) is 17.3. The summed E-state index contributed by atoms with van der Waals surface area (Å²) in [6, 6.07) is 4.38. The maximum Gasteiger partial charge on any atom is 0.240 e. The van der Waals surface area contributed by atoms with Gasteiger partial charge in [0.05, 0.1) is 16.3 Å². The van der Waals surface area contributed by atoms with Gasteiger partial charge in [0.1, 0.15) is 0 Å². The Balaban J connectivity index is 3.12. The van der Waals surface area contributed by atoms with Gasteiger partial charge in [-0.15, -0.1) is 0 Å². The minimum atomic E-state index is -3.57. The lowest BCUT2D eigenvalue weighted by atomic mass is 9.99. The van der Waals surface area contributed by atoms with Crippen molar-refractivity contribution < 1.29 is 13.2 Å². The molecule has 0 unspecified atom stereocenters. The van der Waals surface area contributed by atoms with Crippen LogP contribution in [0.4, 0.5) is 11.4 Å². The zero-order chi connectivity index (χ0) is 16.3. The fourth-order valence-corrected chi connectivity index (χ4v) is 3.00. The Hall–Kier alpha value is -1.80. The molecule has 1 amide bonds. The minimum Gasteiger partial charge on any atom is -0.397 e. The average molecular weight is 314 g/mol. The summed E-state index contributed by atoms with van der Waals surface area (Å²) in [7, 11) is -3.57. The van der Waals surface area contributed by atoms with Gasteiger partial charge in [-0.25, -0.2) is 13.1 Å². The van der Waals surface area contributed by atoms with E-state index >= 15 is 0 Å². The Morgan fingerprint density at radius 2 is 1.95 bits per heavy atom. The predicted octanol–water partition coefficient (Wildman–Crippen LogP) is 0.633. The third-order valence-electron chi connectivity index (χ3n) is 2.76. The molecule has 8 heteroatoms. The number of primary amides is 1. The summed E-state index contributed by atoms with van der Waals surface area (Å²) in [5.74, 6) is -0.456. The fraction of sp³-hybridized carbons (Fsp3) is 0.462. The summed E-state index contributed by atoms with van der Waals surface area (Å²) in [5, 5.41) is 3.05. The van der Waals surface area contributed by atoms with Crippen molar-refractivity contribution in [3.63, 3.8) is 0 Å². The highest BCUT2D eigenvalue weighted by Gasteiger charge is 2.22. The fourth-order valence-electron chi connectivity index (χ4n) is 1.93. The van der Waals surface area contributed by atoms with E-state index in [0.717, 1.165) is 0 Å². The zero-order valence-electron chi connectivity index (χ0n) is 12.4. The Morgan fingerprint density at radius 3 is 2.48 bits per heavy atom. The first-order chi connectivity index (χ1) is 9.57. The molecule has 0 bridgehead atoms. The van der Waals surface area contributed by atoms with Crippen molar-refractivity contribution in [2.75, 3.05) is 17.6 Å². The van der Waals surface area contributed by atoms with E-state index in [1.807, 2.05) is 0 Å². The van der Waals surface area contributed by atoms with Crippen LogP contribution in [0.15, 0.2) is 23.1 Å². The Kier molecular flexibility index (Phi) is 5.19. The molecule has 0 saturated carbocycles. The number of hydrogen-bond acceptors (Lipinski definition) is 5. The monoisotopic (exact) mass is 314 g/mol. The molecule has 0 saturated heterocycles. The van der Waals surface area contributed by atoms with E-state index in [-0.39, 0.29) is 11.3 Å². The molecule has 0 spiro atoms. The minimum absolute atomic E-state index is 0.0939. The Morgan fingerprint density at radius 1 is 1.33 bits per heavy atom. The standard InChI is InChI=1S/C13H22N4O3S/c1-4-16-21(19,20)9-5-6-10(14)11(7-9)17-13(2,3)8-12(15)18/h5-7,16-17H,4,8,14H2,1-3H3,(H2,15,18). The summed E-state index contributed by atoms with van der Waals surface area (Å²) >= 11 is 0. The van der Waals surface area contributed by atoms with E-state index in [1.54, 1.807) is 20.8 Å². The topological polar surface area (TPSA) is 127 Å². The number of nitrogens with two attached hydrogens (primary N) is 2. The lowest BCUT2D eigenvalue weighted by molar-refractivity contribution is -0.118. The van der Waals surface area contributed by atoms with Gasteiger partial charge < -0.3 is 16.8 Å². The van der Waals surface area contributed by atoms with Gasteiger partial charge in [0.15, 0.2) is 0 Å². The van der Waals surface area contributed by atoms with Crippen molar-refractivity contribution >= 4 is 27.3 Å². The van der Waals surface area contributed by atoms with Gasteiger partial charge in [-0.2, -0.15) is 0 Å². The Labute approximate surface area is 125 Å². The molecular formula is C13H22N4O3S. The van der Waals surface area contributed by atoms with Crippen molar-refractivity contribution in [1.29, 1.82) is 0 Å². The van der Waals surface area contributed by atoms with Gasteiger partial charge in [0.2, 0.25) is 15.9 Å².